The maximum absolute atomic E-state index is 9.36. The van der Waals surface area contributed by atoms with Crippen LogP contribution in [0, 0.1) is 56.7 Å². The van der Waals surface area contributed by atoms with Crippen LogP contribution in [-0.4, -0.2) is 9.97 Å². The Bertz CT molecular complexity index is 1450. The van der Waals surface area contributed by atoms with E-state index in [9.17, 15) is 26.3 Å². The summed E-state index contributed by atoms with van der Waals surface area (Å²) in [5, 5.41) is 46.4. The Morgan fingerprint density at radius 3 is 1.37 bits per heavy atom. The van der Waals surface area contributed by atoms with Gasteiger partial charge in [-0.15, -0.1) is 4.57 Å². The van der Waals surface area contributed by atoms with Gasteiger partial charge in [-0.05, 0) is 0 Å². The molecule has 0 atom stereocenters. The zero-order chi connectivity index (χ0) is 24.3. The summed E-state index contributed by atoms with van der Waals surface area (Å²) in [5.41, 5.74) is 0.408. The summed E-state index contributed by atoms with van der Waals surface area (Å²) in [7, 11) is 0. The van der Waals surface area contributed by atoms with Crippen LogP contribution in [0.4, 0.5) is 0 Å². The number of rotatable bonds is 2. The van der Waals surface area contributed by atoms with E-state index >= 15 is 0 Å². The van der Waals surface area contributed by atoms with Crippen LogP contribution in [0.1, 0.15) is 28.1 Å². The average molecular weight is 479 g/mol. The molecule has 9 nitrogen and oxygen atoms in total. The van der Waals surface area contributed by atoms with Crippen LogP contribution in [0.2, 0.25) is 0 Å². The molecule has 0 aliphatic rings. The second-order valence-electron chi connectivity index (χ2n) is 6.41. The minimum Gasteiger partial charge on any atom is -0.264 e. The van der Waals surface area contributed by atoms with Crippen molar-refractivity contribution in [3.63, 3.8) is 0 Å². The molecule has 0 aliphatic heterocycles. The first-order chi connectivity index (χ1) is 16.7. The van der Waals surface area contributed by atoms with Gasteiger partial charge in [-0.2, -0.15) is 30.9 Å². The van der Waals surface area contributed by atoms with E-state index in [0.717, 1.165) is 5.69 Å². The first-order valence-electron chi connectivity index (χ1n) is 9.63. The molecular weight excluding hydrogens is 465 g/mol. The molecule has 0 saturated carbocycles. The van der Waals surface area contributed by atoms with Crippen molar-refractivity contribution in [2.45, 2.75) is 0 Å². The maximum Gasteiger partial charge on any atom is 1.00 e. The zero-order valence-corrected chi connectivity index (χ0v) is 21.7. The van der Waals surface area contributed by atoms with E-state index in [4.69, 9.17) is 0 Å². The molecule has 4 aromatic heterocycles. The second-order valence-corrected chi connectivity index (χ2v) is 6.41. The summed E-state index contributed by atoms with van der Waals surface area (Å²) in [6, 6.07) is 21.9. The normalized spacial score (nSPS) is 8.77. The molecule has 4 rings (SSSR count). The van der Waals surface area contributed by atoms with Gasteiger partial charge >= 0.3 is 62.8 Å². The Balaban J connectivity index is 0.000000280. The number of hydrogen-bond donors (Lipinski definition) is 0. The summed E-state index contributed by atoms with van der Waals surface area (Å²) in [6.45, 7) is 0. The van der Waals surface area contributed by atoms with Gasteiger partial charge in [0.15, 0.2) is 35.7 Å². The van der Waals surface area contributed by atoms with Gasteiger partial charge in [-0.1, -0.05) is 6.07 Å². The van der Waals surface area contributed by atoms with E-state index in [0.29, 0.717) is 5.69 Å². The van der Waals surface area contributed by atoms with Gasteiger partial charge in [0.25, 0.3) is 0 Å². The Morgan fingerprint density at radius 2 is 0.971 bits per heavy atom. The molecule has 0 N–H and O–H groups in total. The van der Waals surface area contributed by atoms with Crippen LogP contribution in [0.3, 0.4) is 0 Å². The Morgan fingerprint density at radius 1 is 0.543 bits per heavy atom. The standard InChI is InChI=1S/C15H4N7.C10H9N2.K/c16-5-11-12(6-17)14(8-19)22(10-1-3-21-4-2-10)15(9-20)13(11)7-18;1-2-8-12(9-3-1)10-4-6-11-7-5-10;/h1-4H;1-9H;/q3*+1. The van der Waals surface area contributed by atoms with Gasteiger partial charge in [0, 0.05) is 61.2 Å². The average Bonchev–Trinajstić information content (AvgIpc) is 2.93. The Kier molecular flexibility index (Phi) is 10.3. The topological polar surface area (TPSA) is 152 Å². The van der Waals surface area contributed by atoms with Crippen molar-refractivity contribution in [2.75, 3.05) is 0 Å². The maximum atomic E-state index is 9.36. The monoisotopic (exact) mass is 478 g/mol. The number of nitriles is 5. The summed E-state index contributed by atoms with van der Waals surface area (Å²) in [5.74, 6) is 0. The quantitative estimate of drug-likeness (QED) is 0.267. The Hall–Kier alpha value is -4.31. The van der Waals surface area contributed by atoms with Crippen molar-refractivity contribution >= 4 is 0 Å². The molecule has 0 aliphatic carbocycles. The SMILES string of the molecule is N#Cc1c(C#N)c(C#N)[n+](-c2ccncc2)c(C#N)c1C#N.[K+].c1cc[n+](-c2ccncc2)cc1. The Labute approximate surface area is 244 Å². The fraction of sp³-hybridized carbons (Fsp3) is 0. The molecule has 0 spiro atoms. The van der Waals surface area contributed by atoms with Gasteiger partial charge in [-0.25, -0.2) is 0 Å². The van der Waals surface area contributed by atoms with E-state index in [1.54, 1.807) is 30.6 Å². The van der Waals surface area contributed by atoms with Crippen molar-refractivity contribution in [3.05, 3.63) is 108 Å². The summed E-state index contributed by atoms with van der Waals surface area (Å²) in [6.07, 6.45) is 10.5. The van der Waals surface area contributed by atoms with E-state index in [1.807, 2.05) is 59.4 Å². The van der Waals surface area contributed by atoms with Gasteiger partial charge in [0.1, 0.15) is 23.8 Å². The predicted octanol–water partition coefficient (Wildman–Crippen LogP) is -0.921. The van der Waals surface area contributed by atoms with E-state index in [1.165, 1.54) is 29.1 Å². The van der Waals surface area contributed by atoms with Crippen LogP contribution in [0.15, 0.2) is 79.6 Å². The molecule has 4 aromatic rings. The molecule has 0 amide bonds. The van der Waals surface area contributed by atoms with Crippen molar-refractivity contribution < 1.29 is 60.5 Å². The van der Waals surface area contributed by atoms with Crippen LogP contribution < -0.4 is 60.5 Å². The number of nitrogens with zero attached hydrogens (tertiary/aromatic N) is 9. The molecular formula is C25H13KN9+3. The number of hydrogen-bond acceptors (Lipinski definition) is 7. The molecule has 0 aromatic carbocycles. The van der Waals surface area contributed by atoms with Crippen molar-refractivity contribution in [1.29, 1.82) is 26.3 Å². The molecule has 0 unspecified atom stereocenters. The van der Waals surface area contributed by atoms with Crippen LogP contribution in [-0.2, 0) is 0 Å². The zero-order valence-electron chi connectivity index (χ0n) is 18.5. The molecule has 156 valence electrons. The minimum absolute atomic E-state index is 0. The van der Waals surface area contributed by atoms with Gasteiger partial charge < -0.3 is 0 Å². The predicted molar refractivity (Wildman–Crippen MR) is 115 cm³/mol. The third-order valence-electron chi connectivity index (χ3n) is 4.57. The van der Waals surface area contributed by atoms with Gasteiger partial charge in [0.05, 0.1) is 0 Å². The molecule has 0 saturated heterocycles. The van der Waals surface area contributed by atoms with Gasteiger partial charge in [-0.3, -0.25) is 9.97 Å². The van der Waals surface area contributed by atoms with Crippen LogP contribution >= 0.6 is 0 Å². The number of pyridine rings is 4. The fourth-order valence-electron chi connectivity index (χ4n) is 3.08. The van der Waals surface area contributed by atoms with E-state index < -0.39 is 0 Å². The first kappa shape index (κ1) is 26.9. The smallest absolute Gasteiger partial charge is 0.264 e. The van der Waals surface area contributed by atoms with E-state index in [-0.39, 0.29) is 79.5 Å². The molecule has 4 heterocycles. The third-order valence-corrected chi connectivity index (χ3v) is 4.57. The fourth-order valence-corrected chi connectivity index (χ4v) is 3.08. The molecule has 35 heavy (non-hydrogen) atoms. The summed E-state index contributed by atoms with van der Waals surface area (Å²) in [4.78, 5) is 7.80. The van der Waals surface area contributed by atoms with Crippen LogP contribution in [0.5, 0.6) is 0 Å². The third kappa shape index (κ3) is 5.98. The molecule has 0 fully saturated rings. The minimum atomic E-state index is -0.275. The summed E-state index contributed by atoms with van der Waals surface area (Å²) >= 11 is 0. The molecule has 0 radical (unpaired) electrons. The first-order valence-corrected chi connectivity index (χ1v) is 9.63. The summed E-state index contributed by atoms with van der Waals surface area (Å²) < 4.78 is 3.22. The van der Waals surface area contributed by atoms with Crippen molar-refractivity contribution in [2.24, 2.45) is 0 Å². The van der Waals surface area contributed by atoms with Crippen LogP contribution in [0.25, 0.3) is 11.4 Å². The molecule has 10 heteroatoms. The number of aromatic nitrogens is 4. The van der Waals surface area contributed by atoms with E-state index in [2.05, 4.69) is 9.97 Å². The van der Waals surface area contributed by atoms with Crippen molar-refractivity contribution in [3.8, 4) is 41.7 Å². The van der Waals surface area contributed by atoms with Gasteiger partial charge in [0.2, 0.25) is 11.4 Å². The largest absolute Gasteiger partial charge is 1.00 e. The molecule has 0 bridgehead atoms. The van der Waals surface area contributed by atoms with Crippen molar-refractivity contribution in [1.82, 2.24) is 9.97 Å². The second kappa shape index (κ2) is 13.4.